The molecule has 11 heavy (non-hydrogen) atoms. The lowest BCUT2D eigenvalue weighted by molar-refractivity contribution is -0.164. The monoisotopic (exact) mass is 158 g/mol. The van der Waals surface area contributed by atoms with Gasteiger partial charge in [0.05, 0.1) is 5.92 Å². The van der Waals surface area contributed by atoms with Crippen LogP contribution in [0.15, 0.2) is 0 Å². The third-order valence-electron chi connectivity index (χ3n) is 1.86. The predicted molar refractivity (Wildman–Crippen MR) is 35.9 cm³/mol. The Morgan fingerprint density at radius 2 is 2.36 bits per heavy atom. The van der Waals surface area contributed by atoms with Crippen molar-refractivity contribution in [2.75, 3.05) is 0 Å². The van der Waals surface area contributed by atoms with E-state index in [4.69, 9.17) is 9.84 Å². The van der Waals surface area contributed by atoms with E-state index in [2.05, 4.69) is 0 Å². The first-order valence-corrected chi connectivity index (χ1v) is 3.53. The number of carboxylic acids is 1. The fraction of sp³-hybridized carbons (Fsp3) is 0.714. The first-order valence-electron chi connectivity index (χ1n) is 3.53. The number of aliphatic carboxylic acids is 1. The van der Waals surface area contributed by atoms with Crippen LogP contribution in [-0.4, -0.2) is 23.1 Å². The van der Waals surface area contributed by atoms with Gasteiger partial charge in [-0.15, -0.1) is 0 Å². The molecule has 0 spiro atoms. The van der Waals surface area contributed by atoms with Crippen LogP contribution in [0.1, 0.15) is 19.8 Å². The number of esters is 1. The number of cyclic esters (lactones) is 1. The Hall–Kier alpha value is -1.06. The smallest absolute Gasteiger partial charge is 0.310 e. The summed E-state index contributed by atoms with van der Waals surface area (Å²) in [6.07, 6.45) is 0.144. The highest BCUT2D eigenvalue weighted by atomic mass is 16.5. The third kappa shape index (κ3) is 1.69. The van der Waals surface area contributed by atoms with Gasteiger partial charge < -0.3 is 9.84 Å². The minimum absolute atomic E-state index is 0.224. The molecule has 62 valence electrons. The van der Waals surface area contributed by atoms with Crippen molar-refractivity contribution >= 4 is 11.9 Å². The van der Waals surface area contributed by atoms with Crippen LogP contribution >= 0.6 is 0 Å². The van der Waals surface area contributed by atoms with Crippen molar-refractivity contribution in [3.05, 3.63) is 0 Å². The zero-order chi connectivity index (χ0) is 8.43. The molecule has 1 fully saturated rings. The van der Waals surface area contributed by atoms with E-state index in [9.17, 15) is 9.59 Å². The zero-order valence-electron chi connectivity index (χ0n) is 6.24. The van der Waals surface area contributed by atoms with E-state index in [1.54, 1.807) is 6.92 Å². The van der Waals surface area contributed by atoms with Gasteiger partial charge >= 0.3 is 11.9 Å². The lowest BCUT2D eigenvalue weighted by Crippen LogP contribution is -2.35. The van der Waals surface area contributed by atoms with Crippen LogP contribution < -0.4 is 0 Å². The van der Waals surface area contributed by atoms with Gasteiger partial charge in [0.15, 0.2) is 0 Å². The molecule has 0 saturated carbocycles. The van der Waals surface area contributed by atoms with Crippen molar-refractivity contribution in [3.63, 3.8) is 0 Å². The molecule has 0 aromatic carbocycles. The molecule has 0 amide bonds. The topological polar surface area (TPSA) is 63.6 Å². The zero-order valence-corrected chi connectivity index (χ0v) is 6.24. The van der Waals surface area contributed by atoms with E-state index in [0.29, 0.717) is 6.42 Å². The molecule has 0 radical (unpaired) electrons. The van der Waals surface area contributed by atoms with Crippen LogP contribution in [0.25, 0.3) is 0 Å². The van der Waals surface area contributed by atoms with Crippen LogP contribution in [0.3, 0.4) is 0 Å². The van der Waals surface area contributed by atoms with Gasteiger partial charge in [-0.2, -0.15) is 0 Å². The number of carboxylic acid groups (broad SMARTS) is 1. The lowest BCUT2D eigenvalue weighted by atomic mass is 9.95. The molecule has 4 heteroatoms. The third-order valence-corrected chi connectivity index (χ3v) is 1.86. The Labute approximate surface area is 64.2 Å². The largest absolute Gasteiger partial charge is 0.481 e. The number of carbonyl (C=O) groups is 2. The van der Waals surface area contributed by atoms with Crippen LogP contribution in [-0.2, 0) is 14.3 Å². The number of hydrogen-bond acceptors (Lipinski definition) is 3. The van der Waals surface area contributed by atoms with Crippen molar-refractivity contribution in [2.45, 2.75) is 25.9 Å². The summed E-state index contributed by atoms with van der Waals surface area (Å²) in [5.74, 6) is -1.70. The number of hydrogen-bond donors (Lipinski definition) is 1. The van der Waals surface area contributed by atoms with Gasteiger partial charge in [0.1, 0.15) is 6.10 Å². The van der Waals surface area contributed by atoms with E-state index in [-0.39, 0.29) is 12.4 Å². The van der Waals surface area contributed by atoms with Gasteiger partial charge in [0.2, 0.25) is 0 Å². The standard InChI is InChI=1S/C7H10O4/c1-4-5(7(9)10)2-3-6(8)11-4/h4-5H,2-3H2,1H3,(H,9,10)/t4-,5+/m0/s1. The molecular weight excluding hydrogens is 148 g/mol. The van der Waals surface area contributed by atoms with Crippen molar-refractivity contribution < 1.29 is 19.4 Å². The normalized spacial score (nSPS) is 31.2. The highest BCUT2D eigenvalue weighted by Gasteiger charge is 2.32. The maximum atomic E-state index is 10.6. The minimum Gasteiger partial charge on any atom is -0.481 e. The molecule has 4 nitrogen and oxygen atoms in total. The summed E-state index contributed by atoms with van der Waals surface area (Å²) >= 11 is 0. The van der Waals surface area contributed by atoms with Gasteiger partial charge in [-0.3, -0.25) is 9.59 Å². The summed E-state index contributed by atoms with van der Waals surface area (Å²) in [6.45, 7) is 1.61. The van der Waals surface area contributed by atoms with Crippen molar-refractivity contribution in [1.29, 1.82) is 0 Å². The van der Waals surface area contributed by atoms with Crippen molar-refractivity contribution in [2.24, 2.45) is 5.92 Å². The Morgan fingerprint density at radius 1 is 1.73 bits per heavy atom. The summed E-state index contributed by atoms with van der Waals surface area (Å²) in [7, 11) is 0. The first kappa shape index (κ1) is 8.04. The van der Waals surface area contributed by atoms with Gasteiger partial charge in [-0.25, -0.2) is 0 Å². The lowest BCUT2D eigenvalue weighted by Gasteiger charge is -2.24. The second kappa shape index (κ2) is 2.90. The Balaban J connectivity index is 2.57. The predicted octanol–water partition coefficient (Wildman–Crippen LogP) is 0.413. The molecule has 1 N–H and O–H groups in total. The molecule has 1 saturated heterocycles. The number of carbonyl (C=O) groups excluding carboxylic acids is 1. The van der Waals surface area contributed by atoms with E-state index >= 15 is 0 Å². The average Bonchev–Trinajstić information content (AvgIpc) is 1.85. The first-order chi connectivity index (χ1) is 5.11. The van der Waals surface area contributed by atoms with E-state index in [1.807, 2.05) is 0 Å². The molecule has 0 aliphatic carbocycles. The molecular formula is C7H10O4. The molecule has 0 aromatic rings. The van der Waals surface area contributed by atoms with Crippen LogP contribution in [0, 0.1) is 5.92 Å². The molecule has 0 unspecified atom stereocenters. The van der Waals surface area contributed by atoms with Gasteiger partial charge in [-0.1, -0.05) is 0 Å². The maximum absolute atomic E-state index is 10.6. The molecule has 1 aliphatic heterocycles. The second-order valence-electron chi connectivity index (χ2n) is 2.68. The highest BCUT2D eigenvalue weighted by molar-refractivity contribution is 5.76. The van der Waals surface area contributed by atoms with E-state index < -0.39 is 18.0 Å². The summed E-state index contributed by atoms with van der Waals surface area (Å²) in [5.41, 5.74) is 0. The van der Waals surface area contributed by atoms with Crippen LogP contribution in [0.2, 0.25) is 0 Å². The molecule has 1 heterocycles. The molecule has 0 bridgehead atoms. The fourth-order valence-electron chi connectivity index (χ4n) is 1.18. The average molecular weight is 158 g/mol. The second-order valence-corrected chi connectivity index (χ2v) is 2.68. The van der Waals surface area contributed by atoms with Gasteiger partial charge in [0, 0.05) is 6.42 Å². The van der Waals surface area contributed by atoms with E-state index in [1.165, 1.54) is 0 Å². The van der Waals surface area contributed by atoms with Crippen LogP contribution in [0.4, 0.5) is 0 Å². The molecule has 1 rings (SSSR count). The summed E-state index contributed by atoms with van der Waals surface area (Å²) in [5, 5.41) is 8.60. The SMILES string of the molecule is C[C@@H]1OC(=O)CC[C@H]1C(=O)O. The quantitative estimate of drug-likeness (QED) is 0.561. The van der Waals surface area contributed by atoms with Gasteiger partial charge in [0.25, 0.3) is 0 Å². The van der Waals surface area contributed by atoms with E-state index in [0.717, 1.165) is 0 Å². The molecule has 0 aromatic heterocycles. The summed E-state index contributed by atoms with van der Waals surface area (Å²) < 4.78 is 4.74. The van der Waals surface area contributed by atoms with Gasteiger partial charge in [-0.05, 0) is 13.3 Å². The van der Waals surface area contributed by atoms with Crippen LogP contribution in [0.5, 0.6) is 0 Å². The molecule has 2 atom stereocenters. The van der Waals surface area contributed by atoms with Crippen molar-refractivity contribution in [1.82, 2.24) is 0 Å². The highest BCUT2D eigenvalue weighted by Crippen LogP contribution is 2.21. The maximum Gasteiger partial charge on any atom is 0.310 e. The number of rotatable bonds is 1. The summed E-state index contributed by atoms with van der Waals surface area (Å²) in [4.78, 5) is 21.1. The Kier molecular flexibility index (Phi) is 2.12. The number of ether oxygens (including phenoxy) is 1. The summed E-state index contributed by atoms with van der Waals surface area (Å²) in [6, 6.07) is 0. The Morgan fingerprint density at radius 3 is 2.82 bits per heavy atom. The Bertz CT molecular complexity index is 187. The fourth-order valence-corrected chi connectivity index (χ4v) is 1.18. The molecule has 1 aliphatic rings. The minimum atomic E-state index is -0.884. The van der Waals surface area contributed by atoms with Crippen molar-refractivity contribution in [3.8, 4) is 0 Å².